The van der Waals surface area contributed by atoms with Crippen LogP contribution >= 0.6 is 0 Å². The van der Waals surface area contributed by atoms with Crippen molar-refractivity contribution in [3.8, 4) is 0 Å². The molecule has 0 radical (unpaired) electrons. The topological polar surface area (TPSA) is 67.4 Å². The largest absolute Gasteiger partial charge is 0.383 e. The Morgan fingerprint density at radius 1 is 1.24 bits per heavy atom. The summed E-state index contributed by atoms with van der Waals surface area (Å²) in [7, 11) is -3.44. The molecule has 1 saturated carbocycles. The van der Waals surface area contributed by atoms with E-state index in [-0.39, 0.29) is 17.5 Å². The van der Waals surface area contributed by atoms with Gasteiger partial charge in [0.15, 0.2) is 0 Å². The van der Waals surface area contributed by atoms with Crippen LogP contribution in [0.25, 0.3) is 0 Å². The van der Waals surface area contributed by atoms with Crippen LogP contribution in [-0.4, -0.2) is 40.6 Å². The summed E-state index contributed by atoms with van der Waals surface area (Å²) < 4.78 is 54.8. The average Bonchev–Trinajstić information content (AvgIpc) is 3.22. The third kappa shape index (κ3) is 5.56. The first-order valence-electron chi connectivity index (χ1n) is 6.69. The van der Waals surface area contributed by atoms with Crippen LogP contribution in [0.5, 0.6) is 0 Å². The minimum atomic E-state index is -3.44. The van der Waals surface area contributed by atoms with Gasteiger partial charge in [0.25, 0.3) is 6.43 Å². The smallest absolute Gasteiger partial charge is 0.261 e. The quantitative estimate of drug-likeness (QED) is 0.681. The number of benzene rings is 1. The van der Waals surface area contributed by atoms with Gasteiger partial charge in [0.2, 0.25) is 10.0 Å². The highest BCUT2D eigenvalue weighted by atomic mass is 32.2. The minimum Gasteiger partial charge on any atom is -0.383 e. The molecule has 2 N–H and O–H groups in total. The molecule has 0 spiro atoms. The van der Waals surface area contributed by atoms with Crippen molar-refractivity contribution in [2.75, 3.05) is 25.1 Å². The molecule has 0 unspecified atom stereocenters. The monoisotopic (exact) mass is 320 g/mol. The summed E-state index contributed by atoms with van der Waals surface area (Å²) in [4.78, 5) is 0.217. The third-order valence-electron chi connectivity index (χ3n) is 2.88. The van der Waals surface area contributed by atoms with Crippen molar-refractivity contribution >= 4 is 15.7 Å². The van der Waals surface area contributed by atoms with Crippen molar-refractivity contribution < 1.29 is 21.9 Å². The molecule has 0 bridgehead atoms. The van der Waals surface area contributed by atoms with E-state index in [2.05, 4.69) is 10.0 Å². The molecule has 118 valence electrons. The van der Waals surface area contributed by atoms with Gasteiger partial charge in [0.05, 0.1) is 11.5 Å². The highest BCUT2D eigenvalue weighted by molar-refractivity contribution is 7.89. The first kappa shape index (κ1) is 16.1. The Bertz CT molecular complexity index is 545. The predicted molar refractivity (Wildman–Crippen MR) is 75.1 cm³/mol. The van der Waals surface area contributed by atoms with Gasteiger partial charge in [-0.2, -0.15) is 0 Å². The molecule has 1 aromatic rings. The first-order chi connectivity index (χ1) is 9.97. The summed E-state index contributed by atoms with van der Waals surface area (Å²) in [5.74, 6) is 0. The second-order valence-electron chi connectivity index (χ2n) is 4.81. The summed E-state index contributed by atoms with van der Waals surface area (Å²) in [5, 5.41) is 2.97. The maximum absolute atomic E-state index is 11.9. The molecule has 1 aliphatic carbocycles. The number of sulfonamides is 1. The number of halogens is 2. The molecular formula is C13H18F2N2O3S. The SMILES string of the molecule is O=S(=O)(NC1CC1)c1ccc(NCCOCC(F)F)cc1. The Labute approximate surface area is 122 Å². The van der Waals surface area contributed by atoms with E-state index < -0.39 is 23.1 Å². The normalized spacial score (nSPS) is 15.4. The molecule has 21 heavy (non-hydrogen) atoms. The Hall–Kier alpha value is -1.25. The Balaban J connectivity index is 1.78. The van der Waals surface area contributed by atoms with Crippen LogP contribution in [0, 0.1) is 0 Å². The number of ether oxygens (including phenoxy) is 1. The molecule has 0 amide bonds. The van der Waals surface area contributed by atoms with Gasteiger partial charge in [0.1, 0.15) is 6.61 Å². The molecule has 0 aliphatic heterocycles. The molecule has 0 heterocycles. The van der Waals surface area contributed by atoms with Crippen LogP contribution in [0.2, 0.25) is 0 Å². The van der Waals surface area contributed by atoms with E-state index in [4.69, 9.17) is 4.74 Å². The molecule has 5 nitrogen and oxygen atoms in total. The van der Waals surface area contributed by atoms with Gasteiger partial charge in [0, 0.05) is 18.3 Å². The average molecular weight is 320 g/mol. The minimum absolute atomic E-state index is 0.0692. The van der Waals surface area contributed by atoms with Crippen molar-refractivity contribution in [2.24, 2.45) is 0 Å². The standard InChI is InChI=1S/C13H18F2N2O3S/c14-13(15)9-20-8-7-16-10-3-5-12(6-4-10)21(18,19)17-11-1-2-11/h3-6,11,13,16-17H,1-2,7-9H2. The highest BCUT2D eigenvalue weighted by Crippen LogP contribution is 2.22. The van der Waals surface area contributed by atoms with Crippen LogP contribution in [0.4, 0.5) is 14.5 Å². The lowest BCUT2D eigenvalue weighted by atomic mass is 10.3. The van der Waals surface area contributed by atoms with Gasteiger partial charge in [-0.3, -0.25) is 0 Å². The van der Waals surface area contributed by atoms with Gasteiger partial charge in [-0.1, -0.05) is 0 Å². The van der Waals surface area contributed by atoms with Crippen LogP contribution in [0.3, 0.4) is 0 Å². The van der Waals surface area contributed by atoms with E-state index in [1.807, 2.05) is 0 Å². The molecular weight excluding hydrogens is 302 g/mol. The van der Waals surface area contributed by atoms with Gasteiger partial charge < -0.3 is 10.1 Å². The van der Waals surface area contributed by atoms with E-state index in [0.717, 1.165) is 12.8 Å². The van der Waals surface area contributed by atoms with Crippen LogP contribution < -0.4 is 10.0 Å². The molecule has 0 atom stereocenters. The molecule has 2 rings (SSSR count). The van der Waals surface area contributed by atoms with Crippen LogP contribution in [0.1, 0.15) is 12.8 Å². The third-order valence-corrected chi connectivity index (χ3v) is 4.42. The zero-order valence-corrected chi connectivity index (χ0v) is 12.2. The lowest BCUT2D eigenvalue weighted by Crippen LogP contribution is -2.25. The van der Waals surface area contributed by atoms with E-state index in [9.17, 15) is 17.2 Å². The van der Waals surface area contributed by atoms with E-state index >= 15 is 0 Å². The van der Waals surface area contributed by atoms with Gasteiger partial charge >= 0.3 is 0 Å². The van der Waals surface area contributed by atoms with Crippen molar-refractivity contribution in [1.29, 1.82) is 0 Å². The molecule has 0 aromatic heterocycles. The van der Waals surface area contributed by atoms with Gasteiger partial charge in [-0.05, 0) is 37.1 Å². The van der Waals surface area contributed by atoms with Crippen LogP contribution in [0.15, 0.2) is 29.2 Å². The van der Waals surface area contributed by atoms with Crippen molar-refractivity contribution in [1.82, 2.24) is 4.72 Å². The number of alkyl halides is 2. The Morgan fingerprint density at radius 3 is 2.48 bits per heavy atom. The lowest BCUT2D eigenvalue weighted by Gasteiger charge is -2.09. The second kappa shape index (κ2) is 7.15. The Morgan fingerprint density at radius 2 is 1.90 bits per heavy atom. The zero-order valence-electron chi connectivity index (χ0n) is 11.4. The summed E-state index contributed by atoms with van der Waals surface area (Å²) in [6, 6.07) is 6.35. The molecule has 1 fully saturated rings. The maximum Gasteiger partial charge on any atom is 0.261 e. The van der Waals surface area contributed by atoms with E-state index in [1.165, 1.54) is 12.1 Å². The zero-order chi connectivity index (χ0) is 15.3. The fourth-order valence-corrected chi connectivity index (χ4v) is 2.99. The molecule has 0 saturated heterocycles. The fourth-order valence-electron chi connectivity index (χ4n) is 1.68. The van der Waals surface area contributed by atoms with E-state index in [0.29, 0.717) is 12.2 Å². The summed E-state index contributed by atoms with van der Waals surface area (Å²) in [6.45, 7) is -0.0432. The number of nitrogens with one attached hydrogen (secondary N) is 2. The Kier molecular flexibility index (Phi) is 5.49. The van der Waals surface area contributed by atoms with E-state index in [1.54, 1.807) is 12.1 Å². The number of hydrogen-bond donors (Lipinski definition) is 2. The van der Waals surface area contributed by atoms with Crippen molar-refractivity contribution in [2.45, 2.75) is 30.2 Å². The molecule has 1 aliphatic rings. The number of anilines is 1. The van der Waals surface area contributed by atoms with Crippen molar-refractivity contribution in [3.05, 3.63) is 24.3 Å². The second-order valence-corrected chi connectivity index (χ2v) is 6.53. The summed E-state index contributed by atoms with van der Waals surface area (Å²) >= 11 is 0. The molecule has 1 aromatic carbocycles. The summed E-state index contributed by atoms with van der Waals surface area (Å²) in [5.41, 5.74) is 0.709. The first-order valence-corrected chi connectivity index (χ1v) is 8.18. The lowest BCUT2D eigenvalue weighted by molar-refractivity contribution is 0.0215. The summed E-state index contributed by atoms with van der Waals surface area (Å²) in [6.07, 6.45) is -0.692. The fraction of sp³-hybridized carbons (Fsp3) is 0.538. The number of rotatable bonds is 9. The van der Waals surface area contributed by atoms with Crippen molar-refractivity contribution in [3.63, 3.8) is 0 Å². The molecule has 8 heteroatoms. The number of hydrogen-bond acceptors (Lipinski definition) is 4. The highest BCUT2D eigenvalue weighted by Gasteiger charge is 2.27. The van der Waals surface area contributed by atoms with Gasteiger partial charge in [-0.15, -0.1) is 0 Å². The maximum atomic E-state index is 11.9. The van der Waals surface area contributed by atoms with Gasteiger partial charge in [-0.25, -0.2) is 21.9 Å². The van der Waals surface area contributed by atoms with Crippen LogP contribution in [-0.2, 0) is 14.8 Å². The predicted octanol–water partition coefficient (Wildman–Crippen LogP) is 1.82.